The Hall–Kier alpha value is -2.70. The van der Waals surface area contributed by atoms with E-state index in [0.717, 1.165) is 5.56 Å². The Morgan fingerprint density at radius 2 is 1.76 bits per heavy atom. The molecule has 2 rings (SSSR count). The first kappa shape index (κ1) is 18.6. The zero-order valence-electron chi connectivity index (χ0n) is 15.5. The Bertz CT molecular complexity index is 712. The van der Waals surface area contributed by atoms with Gasteiger partial charge < -0.3 is 24.1 Å². The maximum absolute atomic E-state index is 12.3. The van der Waals surface area contributed by atoms with Crippen LogP contribution in [0.2, 0.25) is 0 Å². The number of rotatable bonds is 5. The smallest absolute Gasteiger partial charge is 0.408 e. The van der Waals surface area contributed by atoms with Gasteiger partial charge in [-0.05, 0) is 38.5 Å². The number of nitrogens with zero attached hydrogens (tertiary/aromatic N) is 2. The molecule has 0 aliphatic carbocycles. The van der Waals surface area contributed by atoms with Gasteiger partial charge in [0.15, 0.2) is 0 Å². The minimum atomic E-state index is -0.595. The molecule has 0 saturated carbocycles. The minimum Gasteiger partial charge on any atom is -0.497 e. The molecule has 0 unspecified atom stereocenters. The Morgan fingerprint density at radius 3 is 2.20 bits per heavy atom. The monoisotopic (exact) mass is 347 g/mol. The molecule has 2 aromatic rings. The number of carbonyl (C=O) groups is 1. The van der Waals surface area contributed by atoms with E-state index in [4.69, 9.17) is 14.2 Å². The second-order valence-corrected chi connectivity index (χ2v) is 6.62. The van der Waals surface area contributed by atoms with Gasteiger partial charge >= 0.3 is 6.09 Å². The fourth-order valence-corrected chi connectivity index (χ4v) is 2.37. The number of nitrogens with one attached hydrogen (secondary N) is 1. The molecule has 1 amide bonds. The summed E-state index contributed by atoms with van der Waals surface area (Å²) in [5, 5.41) is 2.88. The highest BCUT2D eigenvalue weighted by atomic mass is 16.6. The topological polar surface area (TPSA) is 74.6 Å². The van der Waals surface area contributed by atoms with Gasteiger partial charge in [-0.3, -0.25) is 0 Å². The lowest BCUT2D eigenvalue weighted by Crippen LogP contribution is -2.36. The first-order valence-corrected chi connectivity index (χ1v) is 7.93. The number of imidazole rings is 1. The van der Waals surface area contributed by atoms with Gasteiger partial charge in [-0.2, -0.15) is 0 Å². The van der Waals surface area contributed by atoms with Gasteiger partial charge in [0, 0.05) is 25.5 Å². The van der Waals surface area contributed by atoms with Gasteiger partial charge in [0.2, 0.25) is 0 Å². The van der Waals surface area contributed by atoms with Crippen LogP contribution < -0.4 is 14.8 Å². The molecule has 0 bridgehead atoms. The number of hydrogen-bond donors (Lipinski definition) is 1. The number of hydrogen-bond acceptors (Lipinski definition) is 5. The normalized spacial score (nSPS) is 12.4. The van der Waals surface area contributed by atoms with Crippen LogP contribution in [0.25, 0.3) is 0 Å². The first-order valence-electron chi connectivity index (χ1n) is 7.93. The summed E-state index contributed by atoms with van der Waals surface area (Å²) in [7, 11) is 5.02. The largest absolute Gasteiger partial charge is 0.497 e. The second kappa shape index (κ2) is 7.46. The van der Waals surface area contributed by atoms with Crippen molar-refractivity contribution in [1.29, 1.82) is 0 Å². The van der Waals surface area contributed by atoms with Gasteiger partial charge in [-0.15, -0.1) is 0 Å². The number of ether oxygens (including phenoxy) is 3. The highest BCUT2D eigenvalue weighted by Crippen LogP contribution is 2.29. The lowest BCUT2D eigenvalue weighted by atomic mass is 10.1. The molecule has 1 atom stereocenters. The molecule has 0 radical (unpaired) electrons. The molecular weight excluding hydrogens is 322 g/mol. The van der Waals surface area contributed by atoms with E-state index in [1.165, 1.54) is 0 Å². The highest BCUT2D eigenvalue weighted by Gasteiger charge is 2.25. The zero-order chi connectivity index (χ0) is 18.6. The van der Waals surface area contributed by atoms with Crippen LogP contribution in [-0.2, 0) is 11.8 Å². The summed E-state index contributed by atoms with van der Waals surface area (Å²) in [4.78, 5) is 16.7. The van der Waals surface area contributed by atoms with Gasteiger partial charge in [-0.1, -0.05) is 0 Å². The summed E-state index contributed by atoms with van der Waals surface area (Å²) >= 11 is 0. The predicted molar refractivity (Wildman–Crippen MR) is 94.0 cm³/mol. The second-order valence-electron chi connectivity index (χ2n) is 6.62. The van der Waals surface area contributed by atoms with Crippen molar-refractivity contribution in [1.82, 2.24) is 14.9 Å². The number of methoxy groups -OCH3 is 2. The molecule has 7 nitrogen and oxygen atoms in total. The molecule has 25 heavy (non-hydrogen) atoms. The quantitative estimate of drug-likeness (QED) is 0.900. The summed E-state index contributed by atoms with van der Waals surface area (Å²) in [5.74, 6) is 1.92. The van der Waals surface area contributed by atoms with Crippen molar-refractivity contribution in [2.45, 2.75) is 32.4 Å². The summed E-state index contributed by atoms with van der Waals surface area (Å²) in [5.41, 5.74) is 0.180. The lowest BCUT2D eigenvalue weighted by molar-refractivity contribution is 0.0509. The molecular formula is C18H25N3O4. The molecule has 1 N–H and O–H groups in total. The van der Waals surface area contributed by atoms with E-state index in [-0.39, 0.29) is 0 Å². The number of benzene rings is 1. The Kier molecular flexibility index (Phi) is 5.56. The van der Waals surface area contributed by atoms with Crippen molar-refractivity contribution in [2.75, 3.05) is 14.2 Å². The van der Waals surface area contributed by atoms with E-state index in [9.17, 15) is 4.79 Å². The van der Waals surface area contributed by atoms with Crippen LogP contribution in [0.1, 0.15) is 38.2 Å². The summed E-state index contributed by atoms with van der Waals surface area (Å²) in [6.45, 7) is 5.45. The summed E-state index contributed by atoms with van der Waals surface area (Å²) < 4.78 is 17.9. The van der Waals surface area contributed by atoms with Crippen molar-refractivity contribution in [3.63, 3.8) is 0 Å². The maximum atomic E-state index is 12.3. The SMILES string of the molecule is COc1cc(OC)cc([C@@H](NC(=O)OC(C)(C)C)c2nccn2C)c1. The van der Waals surface area contributed by atoms with E-state index >= 15 is 0 Å². The van der Waals surface area contributed by atoms with Gasteiger partial charge in [0.05, 0.1) is 14.2 Å². The van der Waals surface area contributed by atoms with Crippen molar-refractivity contribution in [3.05, 3.63) is 42.0 Å². The summed E-state index contributed by atoms with van der Waals surface area (Å²) in [6, 6.07) is 4.92. The molecule has 1 aromatic heterocycles. The van der Waals surface area contributed by atoms with E-state index in [1.54, 1.807) is 26.5 Å². The lowest BCUT2D eigenvalue weighted by Gasteiger charge is -2.24. The van der Waals surface area contributed by atoms with Gasteiger partial charge in [-0.25, -0.2) is 9.78 Å². The van der Waals surface area contributed by atoms with Crippen LogP contribution in [0.3, 0.4) is 0 Å². The third-order valence-corrected chi connectivity index (χ3v) is 3.48. The molecule has 0 aliphatic heterocycles. The zero-order valence-corrected chi connectivity index (χ0v) is 15.5. The molecule has 136 valence electrons. The van der Waals surface area contributed by atoms with Crippen LogP contribution in [0.5, 0.6) is 11.5 Å². The number of aromatic nitrogens is 2. The van der Waals surface area contributed by atoms with Gasteiger partial charge in [0.25, 0.3) is 0 Å². The highest BCUT2D eigenvalue weighted by molar-refractivity contribution is 5.69. The molecule has 1 aromatic carbocycles. The van der Waals surface area contributed by atoms with Crippen LogP contribution in [0.15, 0.2) is 30.6 Å². The molecule has 1 heterocycles. The van der Waals surface area contributed by atoms with Crippen LogP contribution in [-0.4, -0.2) is 35.5 Å². The average Bonchev–Trinajstić information content (AvgIpc) is 2.96. The molecule has 0 spiro atoms. The van der Waals surface area contributed by atoms with E-state index in [2.05, 4.69) is 10.3 Å². The van der Waals surface area contributed by atoms with Crippen molar-refractivity contribution in [3.8, 4) is 11.5 Å². The van der Waals surface area contributed by atoms with Crippen molar-refractivity contribution in [2.24, 2.45) is 7.05 Å². The van der Waals surface area contributed by atoms with Crippen LogP contribution >= 0.6 is 0 Å². The Balaban J connectivity index is 2.42. The molecule has 0 fully saturated rings. The Morgan fingerprint density at radius 1 is 1.16 bits per heavy atom. The van der Waals surface area contributed by atoms with Gasteiger partial charge in [0.1, 0.15) is 29.0 Å². The van der Waals surface area contributed by atoms with E-state index in [0.29, 0.717) is 17.3 Å². The maximum Gasteiger partial charge on any atom is 0.408 e. The molecule has 0 saturated heterocycles. The predicted octanol–water partition coefficient (Wildman–Crippen LogP) is 3.05. The Labute approximate surface area is 147 Å². The van der Waals surface area contributed by atoms with Crippen molar-refractivity contribution >= 4 is 6.09 Å². The van der Waals surface area contributed by atoms with Crippen molar-refractivity contribution < 1.29 is 19.0 Å². The summed E-state index contributed by atoms with van der Waals surface area (Å²) in [6.07, 6.45) is 2.97. The molecule has 7 heteroatoms. The van der Waals surface area contributed by atoms with E-state index < -0.39 is 17.7 Å². The van der Waals surface area contributed by atoms with Crippen LogP contribution in [0.4, 0.5) is 4.79 Å². The standard InChI is InChI=1S/C18H25N3O4/c1-18(2,3)25-17(22)20-15(16-19-7-8-21(16)4)12-9-13(23-5)11-14(10-12)24-6/h7-11,15H,1-6H3,(H,20,22)/t15-/m1/s1. The average molecular weight is 347 g/mol. The number of aryl methyl sites for hydroxylation is 1. The third-order valence-electron chi connectivity index (χ3n) is 3.48. The number of alkyl carbamates (subject to hydrolysis) is 1. The minimum absolute atomic E-state index is 0.515. The number of amides is 1. The van der Waals surface area contributed by atoms with Crippen LogP contribution in [0, 0.1) is 0 Å². The first-order chi connectivity index (χ1) is 11.7. The third kappa shape index (κ3) is 4.89. The fraction of sp³-hybridized carbons (Fsp3) is 0.444. The number of carbonyl (C=O) groups excluding carboxylic acids is 1. The fourth-order valence-electron chi connectivity index (χ4n) is 2.37. The molecule has 0 aliphatic rings. The van der Waals surface area contributed by atoms with E-state index in [1.807, 2.05) is 50.7 Å².